The minimum Gasteiger partial charge on any atom is -0.285 e. The molecule has 0 saturated heterocycles. The zero-order valence-corrected chi connectivity index (χ0v) is 9.90. The van der Waals surface area contributed by atoms with Gasteiger partial charge in [0.25, 0.3) is 0 Å². The summed E-state index contributed by atoms with van der Waals surface area (Å²) in [6.45, 7) is 0. The van der Waals surface area contributed by atoms with Gasteiger partial charge in [-0.3, -0.25) is 5.01 Å². The number of halogens is 3. The maximum absolute atomic E-state index is 5.87. The highest BCUT2D eigenvalue weighted by Crippen LogP contribution is 2.34. The maximum atomic E-state index is 5.87. The van der Waals surface area contributed by atoms with Gasteiger partial charge in [-0.1, -0.05) is 40.0 Å². The molecule has 0 aromatic heterocycles. The number of benzene rings is 1. The molecule has 76 valence electrons. The van der Waals surface area contributed by atoms with Crippen molar-refractivity contribution in [1.29, 1.82) is 0 Å². The Balaban J connectivity index is 3.04. The van der Waals surface area contributed by atoms with Crippen LogP contribution in [0, 0.1) is 0 Å². The summed E-state index contributed by atoms with van der Waals surface area (Å²) in [7, 11) is 3.52. The normalized spacial score (nSPS) is 10.9. The molecule has 3 nitrogen and oxygen atoms in total. The molecular weight excluding hydrogens is 244 g/mol. The predicted octanol–water partition coefficient (Wildman–Crippen LogP) is 4.21. The van der Waals surface area contributed by atoms with Gasteiger partial charge in [-0.05, 0) is 12.1 Å². The molecule has 0 atom stereocenters. The predicted molar refractivity (Wildman–Crippen MR) is 59.7 cm³/mol. The van der Waals surface area contributed by atoms with Crippen LogP contribution >= 0.6 is 34.8 Å². The van der Waals surface area contributed by atoms with Crippen LogP contribution in [0.25, 0.3) is 0 Å². The molecule has 0 saturated carbocycles. The smallest absolute Gasteiger partial charge is 0.108 e. The molecule has 0 heterocycles. The van der Waals surface area contributed by atoms with Crippen LogP contribution in [-0.4, -0.2) is 19.1 Å². The molecule has 0 bridgehead atoms. The van der Waals surface area contributed by atoms with Gasteiger partial charge in [0.15, 0.2) is 0 Å². The molecule has 1 aromatic rings. The van der Waals surface area contributed by atoms with Gasteiger partial charge in [-0.25, -0.2) is 0 Å². The average molecular weight is 253 g/mol. The van der Waals surface area contributed by atoms with E-state index in [1.54, 1.807) is 25.2 Å². The second-order valence-electron chi connectivity index (χ2n) is 2.75. The average Bonchev–Trinajstić information content (AvgIpc) is 2.09. The molecule has 6 heteroatoms. The molecule has 0 amide bonds. The summed E-state index contributed by atoms with van der Waals surface area (Å²) in [5.74, 6) is 0. The summed E-state index contributed by atoms with van der Waals surface area (Å²) in [5.41, 5.74) is 0.495. The minimum atomic E-state index is 0.403. The standard InChI is InChI=1S/C8H8Cl3N3/c1-14(2)13-12-8-4-6(10)5(9)3-7(8)11/h3-4H,1-2H3. The Morgan fingerprint density at radius 3 is 2.14 bits per heavy atom. The van der Waals surface area contributed by atoms with Crippen LogP contribution in [0.1, 0.15) is 0 Å². The van der Waals surface area contributed by atoms with E-state index in [0.29, 0.717) is 20.8 Å². The summed E-state index contributed by atoms with van der Waals surface area (Å²) in [6, 6.07) is 3.11. The fourth-order valence-electron chi connectivity index (χ4n) is 0.726. The van der Waals surface area contributed by atoms with Crippen LogP contribution in [0.3, 0.4) is 0 Å². The van der Waals surface area contributed by atoms with Crippen molar-refractivity contribution in [2.45, 2.75) is 0 Å². The van der Waals surface area contributed by atoms with Gasteiger partial charge < -0.3 is 0 Å². The van der Waals surface area contributed by atoms with Crippen molar-refractivity contribution < 1.29 is 0 Å². The maximum Gasteiger partial charge on any atom is 0.108 e. The van der Waals surface area contributed by atoms with E-state index in [2.05, 4.69) is 10.3 Å². The lowest BCUT2D eigenvalue weighted by Crippen LogP contribution is -1.98. The molecule has 0 aliphatic heterocycles. The van der Waals surface area contributed by atoms with Gasteiger partial charge in [0.2, 0.25) is 0 Å². The molecule has 0 aliphatic rings. The van der Waals surface area contributed by atoms with Crippen molar-refractivity contribution in [3.8, 4) is 0 Å². The quantitative estimate of drug-likeness (QED) is 0.440. The molecule has 0 aliphatic carbocycles. The van der Waals surface area contributed by atoms with Crippen LogP contribution in [0.4, 0.5) is 5.69 Å². The Hall–Kier alpha value is -0.510. The summed E-state index contributed by atoms with van der Waals surface area (Å²) in [6.07, 6.45) is 0. The van der Waals surface area contributed by atoms with E-state index < -0.39 is 0 Å². The summed E-state index contributed by atoms with van der Waals surface area (Å²) in [4.78, 5) is 0. The third-order valence-corrected chi connectivity index (χ3v) is 2.35. The number of hydrogen-bond donors (Lipinski definition) is 0. The molecule has 0 N–H and O–H groups in total. The fourth-order valence-corrected chi connectivity index (χ4v) is 1.31. The summed E-state index contributed by atoms with van der Waals surface area (Å²) in [5, 5.41) is 10.5. The van der Waals surface area contributed by atoms with E-state index in [1.165, 1.54) is 6.07 Å². The van der Waals surface area contributed by atoms with Gasteiger partial charge >= 0.3 is 0 Å². The van der Waals surface area contributed by atoms with Crippen molar-refractivity contribution in [2.75, 3.05) is 14.1 Å². The van der Waals surface area contributed by atoms with Crippen LogP contribution in [0.5, 0.6) is 0 Å². The third-order valence-electron chi connectivity index (χ3n) is 1.32. The zero-order chi connectivity index (χ0) is 10.7. The number of hydrogen-bond acceptors (Lipinski definition) is 2. The second kappa shape index (κ2) is 4.82. The minimum absolute atomic E-state index is 0.403. The van der Waals surface area contributed by atoms with E-state index in [9.17, 15) is 0 Å². The molecule has 0 fully saturated rings. The lowest BCUT2D eigenvalue weighted by atomic mass is 10.3. The van der Waals surface area contributed by atoms with E-state index in [0.717, 1.165) is 0 Å². The highest BCUT2D eigenvalue weighted by atomic mass is 35.5. The van der Waals surface area contributed by atoms with Gasteiger partial charge in [0.05, 0.1) is 15.1 Å². The van der Waals surface area contributed by atoms with Crippen LogP contribution in [0.15, 0.2) is 22.5 Å². The zero-order valence-electron chi connectivity index (χ0n) is 7.63. The van der Waals surface area contributed by atoms with Crippen molar-refractivity contribution in [1.82, 2.24) is 5.01 Å². The molecule has 14 heavy (non-hydrogen) atoms. The van der Waals surface area contributed by atoms with Crippen molar-refractivity contribution in [3.63, 3.8) is 0 Å². The first-order valence-electron chi connectivity index (χ1n) is 3.74. The molecule has 1 aromatic carbocycles. The highest BCUT2D eigenvalue weighted by Gasteiger charge is 2.04. The first-order chi connectivity index (χ1) is 6.50. The van der Waals surface area contributed by atoms with E-state index in [1.807, 2.05) is 0 Å². The Bertz CT molecular complexity index is 363. The lowest BCUT2D eigenvalue weighted by Gasteiger charge is -2.03. The van der Waals surface area contributed by atoms with Crippen LogP contribution in [-0.2, 0) is 0 Å². The lowest BCUT2D eigenvalue weighted by molar-refractivity contribution is 0.408. The fraction of sp³-hybridized carbons (Fsp3) is 0.250. The molecule has 0 spiro atoms. The SMILES string of the molecule is CN(C)N=Nc1cc(Cl)c(Cl)cc1Cl. The molecule has 1 rings (SSSR count). The van der Waals surface area contributed by atoms with Gasteiger partial charge in [-0.15, -0.1) is 5.11 Å². The Morgan fingerprint density at radius 2 is 1.57 bits per heavy atom. The highest BCUT2D eigenvalue weighted by molar-refractivity contribution is 6.43. The number of nitrogens with zero attached hydrogens (tertiary/aromatic N) is 3. The van der Waals surface area contributed by atoms with Crippen molar-refractivity contribution in [2.24, 2.45) is 10.3 Å². The van der Waals surface area contributed by atoms with Crippen LogP contribution in [0.2, 0.25) is 15.1 Å². The van der Waals surface area contributed by atoms with E-state index in [-0.39, 0.29) is 0 Å². The largest absolute Gasteiger partial charge is 0.285 e. The molecular formula is C8H8Cl3N3. The monoisotopic (exact) mass is 251 g/mol. The topological polar surface area (TPSA) is 28.0 Å². The molecule has 0 radical (unpaired) electrons. The van der Waals surface area contributed by atoms with Crippen molar-refractivity contribution in [3.05, 3.63) is 27.2 Å². The van der Waals surface area contributed by atoms with E-state index in [4.69, 9.17) is 34.8 Å². The molecule has 0 unspecified atom stereocenters. The second-order valence-corrected chi connectivity index (χ2v) is 3.98. The third kappa shape index (κ3) is 3.01. The summed E-state index contributed by atoms with van der Waals surface area (Å²) >= 11 is 17.4. The Labute approximate surface area is 97.2 Å². The Morgan fingerprint density at radius 1 is 1.00 bits per heavy atom. The Kier molecular flexibility index (Phi) is 3.98. The summed E-state index contributed by atoms with van der Waals surface area (Å²) < 4.78 is 0. The van der Waals surface area contributed by atoms with Crippen LogP contribution < -0.4 is 0 Å². The van der Waals surface area contributed by atoms with Crippen molar-refractivity contribution >= 4 is 40.5 Å². The van der Waals surface area contributed by atoms with Gasteiger partial charge in [0, 0.05) is 14.1 Å². The van der Waals surface area contributed by atoms with Gasteiger partial charge in [-0.2, -0.15) is 0 Å². The van der Waals surface area contributed by atoms with E-state index >= 15 is 0 Å². The van der Waals surface area contributed by atoms with Gasteiger partial charge in [0.1, 0.15) is 5.69 Å². The number of rotatable bonds is 2. The first kappa shape index (κ1) is 11.6. The first-order valence-corrected chi connectivity index (χ1v) is 4.87.